The minimum absolute atomic E-state index is 0.0518. The fourth-order valence-electron chi connectivity index (χ4n) is 3.46. The van der Waals surface area contributed by atoms with E-state index in [-0.39, 0.29) is 5.91 Å². The number of hydrogen-bond donors (Lipinski definition) is 1. The molecule has 2 rings (SSSR count). The molecule has 1 amide bonds. The van der Waals surface area contributed by atoms with Gasteiger partial charge >= 0.3 is 0 Å². The van der Waals surface area contributed by atoms with Crippen molar-refractivity contribution in [1.82, 2.24) is 5.43 Å². The molecule has 0 fully saturated rings. The highest BCUT2D eigenvalue weighted by Crippen LogP contribution is 2.28. The Kier molecular flexibility index (Phi) is 13.1. The molecule has 180 valence electrons. The Labute approximate surface area is 203 Å². The number of unbranched alkanes of at least 4 members (excludes halogenated alkanes) is 8. The van der Waals surface area contributed by atoms with Crippen LogP contribution in [-0.4, -0.2) is 19.2 Å². The summed E-state index contributed by atoms with van der Waals surface area (Å²) in [7, 11) is 1.60. The molecule has 33 heavy (non-hydrogen) atoms. The molecule has 6 heteroatoms. The molecule has 0 atom stereocenters. The van der Waals surface area contributed by atoms with Gasteiger partial charge in [-0.15, -0.1) is 0 Å². The van der Waals surface area contributed by atoms with E-state index in [1.165, 1.54) is 44.9 Å². The van der Waals surface area contributed by atoms with Gasteiger partial charge in [-0.1, -0.05) is 82.0 Å². The Morgan fingerprint density at radius 1 is 0.939 bits per heavy atom. The molecule has 0 aliphatic heterocycles. The largest absolute Gasteiger partial charge is 0.493 e. The maximum absolute atomic E-state index is 12.0. The van der Waals surface area contributed by atoms with Crippen LogP contribution in [0.3, 0.4) is 0 Å². The minimum atomic E-state index is -0.0518. The van der Waals surface area contributed by atoms with Crippen LogP contribution in [0.5, 0.6) is 11.5 Å². The van der Waals surface area contributed by atoms with Gasteiger partial charge in [0.1, 0.15) is 6.61 Å². The number of amides is 1. The maximum Gasteiger partial charge on any atom is 0.240 e. The number of hydrazone groups is 1. The van der Waals surface area contributed by atoms with E-state index in [1.807, 2.05) is 42.5 Å². The zero-order valence-corrected chi connectivity index (χ0v) is 20.7. The molecule has 0 unspecified atom stereocenters. The molecule has 1 N–H and O–H groups in total. The van der Waals surface area contributed by atoms with Crippen molar-refractivity contribution in [1.29, 1.82) is 0 Å². The van der Waals surface area contributed by atoms with Crippen LogP contribution in [0.15, 0.2) is 47.6 Å². The van der Waals surface area contributed by atoms with E-state index in [2.05, 4.69) is 17.5 Å². The van der Waals surface area contributed by atoms with Gasteiger partial charge in [0.2, 0.25) is 5.91 Å². The summed E-state index contributed by atoms with van der Waals surface area (Å²) in [5.74, 6) is 1.19. The lowest BCUT2D eigenvalue weighted by molar-refractivity contribution is -0.121. The van der Waals surface area contributed by atoms with Crippen molar-refractivity contribution in [2.45, 2.75) is 77.7 Å². The number of ether oxygens (including phenoxy) is 2. The molecule has 0 aromatic heterocycles. The van der Waals surface area contributed by atoms with Gasteiger partial charge in [-0.3, -0.25) is 4.79 Å². The van der Waals surface area contributed by atoms with Crippen molar-refractivity contribution in [3.05, 3.63) is 58.6 Å². The highest BCUT2D eigenvalue weighted by Gasteiger charge is 2.06. The zero-order valence-electron chi connectivity index (χ0n) is 19.9. The highest BCUT2D eigenvalue weighted by molar-refractivity contribution is 6.30. The Hall–Kier alpha value is -2.53. The predicted octanol–water partition coefficient (Wildman–Crippen LogP) is 7.30. The summed E-state index contributed by atoms with van der Waals surface area (Å²) >= 11 is 5.92. The van der Waals surface area contributed by atoms with Crippen molar-refractivity contribution in [3.63, 3.8) is 0 Å². The molecular weight excluding hydrogens is 436 g/mol. The number of benzene rings is 2. The first-order chi connectivity index (χ1) is 16.1. The van der Waals surface area contributed by atoms with Crippen molar-refractivity contribution in [3.8, 4) is 11.5 Å². The van der Waals surface area contributed by atoms with Crippen LogP contribution in [0, 0.1) is 0 Å². The zero-order chi connectivity index (χ0) is 23.7. The smallest absolute Gasteiger partial charge is 0.240 e. The van der Waals surface area contributed by atoms with Gasteiger partial charge in [0.05, 0.1) is 13.3 Å². The number of carbonyl (C=O) groups is 1. The number of hydrogen-bond acceptors (Lipinski definition) is 4. The van der Waals surface area contributed by atoms with Crippen LogP contribution in [0.2, 0.25) is 5.02 Å². The van der Waals surface area contributed by atoms with Crippen LogP contribution in [0.25, 0.3) is 0 Å². The average Bonchev–Trinajstić information content (AvgIpc) is 2.83. The van der Waals surface area contributed by atoms with E-state index in [0.717, 1.165) is 24.0 Å². The normalized spacial score (nSPS) is 11.0. The van der Waals surface area contributed by atoms with E-state index in [1.54, 1.807) is 13.3 Å². The summed E-state index contributed by atoms with van der Waals surface area (Å²) in [6.07, 6.45) is 13.2. The molecule has 0 saturated carbocycles. The third-order valence-corrected chi connectivity index (χ3v) is 5.66. The molecule has 5 nitrogen and oxygen atoms in total. The van der Waals surface area contributed by atoms with Crippen LogP contribution >= 0.6 is 11.6 Å². The summed E-state index contributed by atoms with van der Waals surface area (Å²) in [5, 5.41) is 4.77. The SMILES string of the molecule is CCCCCCCCCCCC(=O)N/N=C\c1ccc(OCc2ccc(Cl)cc2)c(OC)c1. The number of nitrogens with one attached hydrogen (secondary N) is 1. The number of halogens is 1. The lowest BCUT2D eigenvalue weighted by Gasteiger charge is -2.11. The van der Waals surface area contributed by atoms with E-state index in [0.29, 0.717) is 29.5 Å². The number of carbonyl (C=O) groups excluding carboxylic acids is 1. The van der Waals surface area contributed by atoms with Crippen LogP contribution in [0.1, 0.15) is 82.3 Å². The maximum atomic E-state index is 12.0. The molecule has 2 aromatic carbocycles. The van der Waals surface area contributed by atoms with E-state index >= 15 is 0 Å². The minimum Gasteiger partial charge on any atom is -0.493 e. The van der Waals surface area contributed by atoms with E-state index < -0.39 is 0 Å². The predicted molar refractivity (Wildman–Crippen MR) is 136 cm³/mol. The van der Waals surface area contributed by atoms with Gasteiger partial charge in [0.25, 0.3) is 0 Å². The van der Waals surface area contributed by atoms with E-state index in [4.69, 9.17) is 21.1 Å². The van der Waals surface area contributed by atoms with Gasteiger partial charge < -0.3 is 9.47 Å². The van der Waals surface area contributed by atoms with Crippen LogP contribution < -0.4 is 14.9 Å². The molecule has 0 saturated heterocycles. The third-order valence-electron chi connectivity index (χ3n) is 5.41. The van der Waals surface area contributed by atoms with Gasteiger partial charge in [-0.2, -0.15) is 5.10 Å². The Bertz CT molecular complexity index is 853. The summed E-state index contributed by atoms with van der Waals surface area (Å²) < 4.78 is 11.3. The quantitative estimate of drug-likeness (QED) is 0.158. The standard InChI is InChI=1S/C27H37ClN2O3/c1-3-4-5-6-7-8-9-10-11-12-27(31)30-29-20-23-15-18-25(26(19-23)32-2)33-21-22-13-16-24(28)17-14-22/h13-20H,3-12,21H2,1-2H3,(H,30,31)/b29-20-. The first-order valence-corrected chi connectivity index (χ1v) is 12.4. The molecule has 2 aromatic rings. The number of rotatable bonds is 16. The molecule has 0 bridgehead atoms. The van der Waals surface area contributed by atoms with Crippen LogP contribution in [-0.2, 0) is 11.4 Å². The summed E-state index contributed by atoms with van der Waals surface area (Å²) in [5.41, 5.74) is 4.44. The summed E-state index contributed by atoms with van der Waals surface area (Å²) in [6, 6.07) is 13.0. The van der Waals surface area contributed by atoms with E-state index in [9.17, 15) is 4.79 Å². The molecule has 0 heterocycles. The molecule has 0 radical (unpaired) electrons. The monoisotopic (exact) mass is 472 g/mol. The van der Waals surface area contributed by atoms with Gasteiger partial charge in [0, 0.05) is 11.4 Å². The Morgan fingerprint density at radius 2 is 1.61 bits per heavy atom. The third kappa shape index (κ3) is 11.2. The second-order valence-corrected chi connectivity index (χ2v) is 8.63. The van der Waals surface area contributed by atoms with Crippen molar-refractivity contribution in [2.24, 2.45) is 5.10 Å². The average molecular weight is 473 g/mol. The fraction of sp³-hybridized carbons (Fsp3) is 0.481. The topological polar surface area (TPSA) is 59.9 Å². The van der Waals surface area contributed by atoms with Crippen molar-refractivity contribution in [2.75, 3.05) is 7.11 Å². The highest BCUT2D eigenvalue weighted by atomic mass is 35.5. The fourth-order valence-corrected chi connectivity index (χ4v) is 3.58. The number of nitrogens with zero attached hydrogens (tertiary/aromatic N) is 1. The Morgan fingerprint density at radius 3 is 2.27 bits per heavy atom. The molecular formula is C27H37ClN2O3. The lowest BCUT2D eigenvalue weighted by atomic mass is 10.1. The Balaban J connectivity index is 1.68. The second kappa shape index (κ2) is 16.1. The van der Waals surface area contributed by atoms with Gasteiger partial charge in [-0.05, 0) is 47.9 Å². The van der Waals surface area contributed by atoms with Crippen molar-refractivity contribution >= 4 is 23.7 Å². The second-order valence-electron chi connectivity index (χ2n) is 8.20. The lowest BCUT2D eigenvalue weighted by Crippen LogP contribution is -2.16. The number of methoxy groups -OCH3 is 1. The summed E-state index contributed by atoms with van der Waals surface area (Å²) in [4.78, 5) is 12.0. The first-order valence-electron chi connectivity index (χ1n) is 12.0. The molecule has 0 aliphatic carbocycles. The summed E-state index contributed by atoms with van der Waals surface area (Å²) in [6.45, 7) is 2.65. The van der Waals surface area contributed by atoms with Gasteiger partial charge in [0.15, 0.2) is 11.5 Å². The van der Waals surface area contributed by atoms with Crippen LogP contribution in [0.4, 0.5) is 0 Å². The molecule has 0 aliphatic rings. The molecule has 0 spiro atoms. The van der Waals surface area contributed by atoms with Gasteiger partial charge in [-0.25, -0.2) is 5.43 Å². The van der Waals surface area contributed by atoms with Crippen molar-refractivity contribution < 1.29 is 14.3 Å². The first kappa shape index (κ1) is 26.7.